The molecular formula is C28H28N2O6. The Labute approximate surface area is 209 Å². The summed E-state index contributed by atoms with van der Waals surface area (Å²) >= 11 is 0. The molecule has 1 unspecified atom stereocenters. The molecule has 1 aliphatic rings. The summed E-state index contributed by atoms with van der Waals surface area (Å²) < 4.78 is 16.6. The van der Waals surface area contributed by atoms with Gasteiger partial charge in [0, 0.05) is 25.0 Å². The van der Waals surface area contributed by atoms with Crippen molar-refractivity contribution in [1.29, 1.82) is 0 Å². The van der Waals surface area contributed by atoms with Gasteiger partial charge < -0.3 is 24.2 Å². The van der Waals surface area contributed by atoms with Crippen LogP contribution < -0.4 is 14.2 Å². The van der Waals surface area contributed by atoms with Crippen LogP contribution in [0.25, 0.3) is 5.76 Å². The molecule has 2 heterocycles. The van der Waals surface area contributed by atoms with Crippen LogP contribution in [-0.2, 0) is 16.1 Å². The number of aliphatic hydroxyl groups is 1. The quantitative estimate of drug-likeness (QED) is 0.269. The Morgan fingerprint density at radius 2 is 1.61 bits per heavy atom. The van der Waals surface area contributed by atoms with Gasteiger partial charge in [0.1, 0.15) is 23.0 Å². The van der Waals surface area contributed by atoms with Crippen molar-refractivity contribution in [2.75, 3.05) is 20.3 Å². The molecule has 36 heavy (non-hydrogen) atoms. The van der Waals surface area contributed by atoms with Crippen molar-refractivity contribution in [3.8, 4) is 17.2 Å². The molecule has 8 nitrogen and oxygen atoms in total. The molecule has 1 amide bonds. The fraction of sp³-hybridized carbons (Fsp3) is 0.250. The van der Waals surface area contributed by atoms with E-state index in [9.17, 15) is 14.7 Å². The highest BCUT2D eigenvalue weighted by Gasteiger charge is 2.46. The van der Waals surface area contributed by atoms with E-state index in [2.05, 4.69) is 4.98 Å². The van der Waals surface area contributed by atoms with Crippen molar-refractivity contribution in [2.45, 2.75) is 26.4 Å². The van der Waals surface area contributed by atoms with E-state index in [4.69, 9.17) is 14.2 Å². The highest BCUT2D eigenvalue weighted by atomic mass is 16.5. The number of methoxy groups -OCH3 is 1. The van der Waals surface area contributed by atoms with E-state index >= 15 is 0 Å². The second kappa shape index (κ2) is 10.9. The number of likely N-dealkylation sites (tertiary alicyclic amines) is 1. The molecule has 1 saturated heterocycles. The number of hydrogen-bond donors (Lipinski definition) is 1. The molecule has 1 aliphatic heterocycles. The molecule has 1 N–H and O–H groups in total. The molecular weight excluding hydrogens is 460 g/mol. The van der Waals surface area contributed by atoms with Crippen molar-refractivity contribution >= 4 is 17.4 Å². The molecule has 4 rings (SSSR count). The van der Waals surface area contributed by atoms with E-state index in [1.165, 1.54) is 4.90 Å². The van der Waals surface area contributed by atoms with Crippen LogP contribution in [0.2, 0.25) is 0 Å². The third kappa shape index (κ3) is 4.88. The van der Waals surface area contributed by atoms with E-state index in [-0.39, 0.29) is 17.9 Å². The van der Waals surface area contributed by atoms with Crippen LogP contribution in [-0.4, -0.2) is 47.0 Å². The first kappa shape index (κ1) is 24.8. The van der Waals surface area contributed by atoms with Gasteiger partial charge >= 0.3 is 0 Å². The van der Waals surface area contributed by atoms with Gasteiger partial charge in [0.2, 0.25) is 0 Å². The molecule has 186 valence electrons. The summed E-state index contributed by atoms with van der Waals surface area (Å²) in [4.78, 5) is 32.1. The SMILES string of the molecule is CCOc1ccc(/C(O)=C2/C(=O)C(=O)N(Cc3ccncc3)C2c2ccc(OC)cc2)c(OCC)c1. The molecule has 8 heteroatoms. The Hall–Kier alpha value is -4.33. The maximum atomic E-state index is 13.4. The zero-order valence-electron chi connectivity index (χ0n) is 20.4. The van der Waals surface area contributed by atoms with Crippen molar-refractivity contribution in [2.24, 2.45) is 0 Å². The summed E-state index contributed by atoms with van der Waals surface area (Å²) in [5, 5.41) is 11.5. The van der Waals surface area contributed by atoms with Crippen molar-refractivity contribution in [3.05, 3.63) is 89.3 Å². The summed E-state index contributed by atoms with van der Waals surface area (Å²) in [5.41, 5.74) is 1.76. The second-order valence-corrected chi connectivity index (χ2v) is 8.08. The van der Waals surface area contributed by atoms with Gasteiger partial charge in [0.25, 0.3) is 11.7 Å². The molecule has 0 aliphatic carbocycles. The Morgan fingerprint density at radius 1 is 0.944 bits per heavy atom. The molecule has 2 aromatic carbocycles. The van der Waals surface area contributed by atoms with E-state index in [1.807, 2.05) is 13.8 Å². The maximum Gasteiger partial charge on any atom is 0.295 e. The molecule has 0 spiro atoms. The van der Waals surface area contributed by atoms with Crippen LogP contribution in [0.5, 0.6) is 17.2 Å². The van der Waals surface area contributed by atoms with E-state index in [0.717, 1.165) is 5.56 Å². The number of hydrogen-bond acceptors (Lipinski definition) is 7. The standard InChI is InChI=1S/C28H28N2O6/c1-4-35-21-10-11-22(23(16-21)36-5-2)26(31)24-25(19-6-8-20(34-3)9-7-19)30(28(33)27(24)32)17-18-12-14-29-15-13-18/h6-16,25,31H,4-5,17H2,1-3H3/b26-24-. The predicted octanol–water partition coefficient (Wildman–Crippen LogP) is 4.51. The lowest BCUT2D eigenvalue weighted by atomic mass is 9.94. The third-order valence-corrected chi connectivity index (χ3v) is 5.89. The van der Waals surface area contributed by atoms with Crippen LogP contribution in [0.15, 0.2) is 72.6 Å². The Morgan fingerprint density at radius 3 is 2.25 bits per heavy atom. The number of aliphatic hydroxyl groups excluding tert-OH is 1. The Bertz CT molecular complexity index is 1270. The molecule has 0 radical (unpaired) electrons. The molecule has 0 bridgehead atoms. The van der Waals surface area contributed by atoms with Gasteiger partial charge in [-0.3, -0.25) is 14.6 Å². The summed E-state index contributed by atoms with van der Waals surface area (Å²) in [5.74, 6) is -0.207. The van der Waals surface area contributed by atoms with Gasteiger partial charge in [0.05, 0.1) is 37.5 Å². The smallest absolute Gasteiger partial charge is 0.295 e. The van der Waals surface area contributed by atoms with Crippen LogP contribution >= 0.6 is 0 Å². The lowest BCUT2D eigenvalue weighted by Crippen LogP contribution is -2.29. The first-order valence-electron chi connectivity index (χ1n) is 11.7. The number of rotatable bonds is 9. The summed E-state index contributed by atoms with van der Waals surface area (Å²) in [7, 11) is 1.56. The maximum absolute atomic E-state index is 13.4. The van der Waals surface area contributed by atoms with Crippen molar-refractivity contribution in [1.82, 2.24) is 9.88 Å². The number of pyridine rings is 1. The zero-order valence-corrected chi connectivity index (χ0v) is 20.4. The zero-order chi connectivity index (χ0) is 25.7. The minimum absolute atomic E-state index is 0.00987. The largest absolute Gasteiger partial charge is 0.507 e. The number of nitrogens with zero attached hydrogens (tertiary/aromatic N) is 2. The topological polar surface area (TPSA) is 98.2 Å². The highest BCUT2D eigenvalue weighted by Crippen LogP contribution is 2.42. The Kier molecular flexibility index (Phi) is 7.53. The molecule has 1 aromatic heterocycles. The summed E-state index contributed by atoms with van der Waals surface area (Å²) in [6.45, 7) is 4.67. The molecule has 3 aromatic rings. The normalized spacial score (nSPS) is 16.8. The predicted molar refractivity (Wildman–Crippen MR) is 134 cm³/mol. The van der Waals surface area contributed by atoms with E-state index < -0.39 is 17.7 Å². The second-order valence-electron chi connectivity index (χ2n) is 8.08. The average molecular weight is 489 g/mol. The lowest BCUT2D eigenvalue weighted by molar-refractivity contribution is -0.140. The summed E-state index contributed by atoms with van der Waals surface area (Å²) in [6, 6.07) is 14.8. The fourth-order valence-corrected chi connectivity index (χ4v) is 4.24. The number of ether oxygens (including phenoxy) is 3. The van der Waals surface area contributed by atoms with Crippen LogP contribution in [0, 0.1) is 0 Å². The van der Waals surface area contributed by atoms with E-state index in [0.29, 0.717) is 41.6 Å². The lowest BCUT2D eigenvalue weighted by Gasteiger charge is -2.25. The monoisotopic (exact) mass is 488 g/mol. The number of amides is 1. The van der Waals surface area contributed by atoms with Gasteiger partial charge in [-0.25, -0.2) is 0 Å². The number of carbonyl (C=O) groups excluding carboxylic acids is 2. The Balaban J connectivity index is 1.87. The number of benzene rings is 2. The first-order chi connectivity index (χ1) is 17.5. The van der Waals surface area contributed by atoms with Crippen LogP contribution in [0.1, 0.15) is 36.6 Å². The number of carbonyl (C=O) groups is 2. The minimum Gasteiger partial charge on any atom is -0.507 e. The molecule has 0 saturated carbocycles. The highest BCUT2D eigenvalue weighted by molar-refractivity contribution is 6.46. The van der Waals surface area contributed by atoms with Gasteiger partial charge in [-0.1, -0.05) is 12.1 Å². The van der Waals surface area contributed by atoms with Crippen LogP contribution in [0.4, 0.5) is 0 Å². The van der Waals surface area contributed by atoms with Gasteiger partial charge in [-0.15, -0.1) is 0 Å². The minimum atomic E-state index is -0.815. The molecule has 1 fully saturated rings. The summed E-state index contributed by atoms with van der Waals surface area (Å²) in [6.07, 6.45) is 3.26. The number of ketones is 1. The number of aromatic nitrogens is 1. The van der Waals surface area contributed by atoms with Gasteiger partial charge in [0.15, 0.2) is 0 Å². The fourth-order valence-electron chi connectivity index (χ4n) is 4.24. The first-order valence-corrected chi connectivity index (χ1v) is 11.7. The average Bonchev–Trinajstić information content (AvgIpc) is 3.14. The number of Topliss-reactive ketones (excluding diaryl/α,β-unsaturated/α-hetero) is 1. The van der Waals surface area contributed by atoms with Crippen molar-refractivity contribution < 1.29 is 28.9 Å². The van der Waals surface area contributed by atoms with E-state index in [1.54, 1.807) is 74.1 Å². The molecule has 1 atom stereocenters. The van der Waals surface area contributed by atoms with Crippen molar-refractivity contribution in [3.63, 3.8) is 0 Å². The third-order valence-electron chi connectivity index (χ3n) is 5.89. The van der Waals surface area contributed by atoms with Crippen LogP contribution in [0.3, 0.4) is 0 Å². The van der Waals surface area contributed by atoms with Gasteiger partial charge in [-0.05, 0) is 61.4 Å². The van der Waals surface area contributed by atoms with Gasteiger partial charge in [-0.2, -0.15) is 0 Å².